The number of carbonyl (C=O) groups is 1. The van der Waals surface area contributed by atoms with Gasteiger partial charge in [-0.25, -0.2) is 0 Å². The molecule has 20 heavy (non-hydrogen) atoms. The van der Waals surface area contributed by atoms with Gasteiger partial charge < -0.3 is 4.90 Å². The Kier molecular flexibility index (Phi) is 3.70. The number of hydrogen-bond acceptors (Lipinski definition) is 2. The van der Waals surface area contributed by atoms with Crippen LogP contribution in [0.2, 0.25) is 0 Å². The Balaban J connectivity index is 1.88. The minimum Gasteiger partial charge on any atom is -0.336 e. The van der Waals surface area contributed by atoms with Crippen LogP contribution in [0.5, 0.6) is 0 Å². The highest BCUT2D eigenvalue weighted by molar-refractivity contribution is 7.80. The maximum atomic E-state index is 12.1. The average molecular weight is 285 g/mol. The molecule has 1 aliphatic rings. The van der Waals surface area contributed by atoms with Gasteiger partial charge in [0.2, 0.25) is 5.91 Å². The maximum Gasteiger partial charge on any atom is 0.223 e. The smallest absolute Gasteiger partial charge is 0.223 e. The number of benzene rings is 2. The second-order valence-corrected chi connectivity index (χ2v) is 5.95. The van der Waals surface area contributed by atoms with Crippen molar-refractivity contribution in [2.45, 2.75) is 19.4 Å². The van der Waals surface area contributed by atoms with E-state index in [0.29, 0.717) is 12.3 Å². The Hall–Kier alpha value is -1.48. The molecule has 1 amide bonds. The number of thiol groups is 1. The molecular weight excluding hydrogens is 266 g/mol. The lowest BCUT2D eigenvalue weighted by Crippen LogP contribution is -2.28. The number of fused-ring (bicyclic) bond motifs is 1. The van der Waals surface area contributed by atoms with Crippen molar-refractivity contribution in [1.29, 1.82) is 0 Å². The highest BCUT2D eigenvalue weighted by Crippen LogP contribution is 2.30. The minimum atomic E-state index is 0.136. The van der Waals surface area contributed by atoms with Gasteiger partial charge in [-0.1, -0.05) is 36.4 Å². The summed E-state index contributed by atoms with van der Waals surface area (Å²) < 4.78 is 0. The molecule has 1 heterocycles. The fraction of sp³-hybridized carbons (Fsp3) is 0.353. The van der Waals surface area contributed by atoms with Gasteiger partial charge in [0.05, 0.1) is 6.04 Å². The Morgan fingerprint density at radius 3 is 2.70 bits per heavy atom. The first-order valence-corrected chi connectivity index (χ1v) is 7.71. The van der Waals surface area contributed by atoms with E-state index >= 15 is 0 Å². The van der Waals surface area contributed by atoms with Crippen molar-refractivity contribution < 1.29 is 4.79 Å². The lowest BCUT2D eigenvalue weighted by Gasteiger charge is -2.25. The van der Waals surface area contributed by atoms with Crippen molar-refractivity contribution in [1.82, 2.24) is 4.90 Å². The molecule has 2 nitrogen and oxygen atoms in total. The number of carbonyl (C=O) groups excluding carboxylic acids is 1. The molecule has 104 valence electrons. The van der Waals surface area contributed by atoms with Crippen molar-refractivity contribution in [2.24, 2.45) is 5.92 Å². The third kappa shape index (κ3) is 2.42. The van der Waals surface area contributed by atoms with Gasteiger partial charge in [-0.15, -0.1) is 0 Å². The Morgan fingerprint density at radius 1 is 1.25 bits per heavy atom. The SMILES string of the molecule is CC(c1ccc2ccccc2c1)N1CC(CS)CC1=O. The van der Waals surface area contributed by atoms with E-state index in [0.717, 1.165) is 12.3 Å². The van der Waals surface area contributed by atoms with Crippen LogP contribution in [-0.2, 0) is 4.79 Å². The van der Waals surface area contributed by atoms with E-state index in [1.165, 1.54) is 16.3 Å². The predicted molar refractivity (Wildman–Crippen MR) is 86.0 cm³/mol. The van der Waals surface area contributed by atoms with Gasteiger partial charge in [-0.2, -0.15) is 12.6 Å². The minimum absolute atomic E-state index is 0.136. The van der Waals surface area contributed by atoms with Crippen molar-refractivity contribution in [3.63, 3.8) is 0 Å². The van der Waals surface area contributed by atoms with E-state index in [1.54, 1.807) is 0 Å². The number of likely N-dealkylation sites (tertiary alicyclic amines) is 1. The van der Waals surface area contributed by atoms with Gasteiger partial charge in [-0.3, -0.25) is 4.79 Å². The van der Waals surface area contributed by atoms with Crippen molar-refractivity contribution in [2.75, 3.05) is 12.3 Å². The van der Waals surface area contributed by atoms with Gasteiger partial charge in [0.25, 0.3) is 0 Å². The monoisotopic (exact) mass is 285 g/mol. The summed E-state index contributed by atoms with van der Waals surface area (Å²) in [5.41, 5.74) is 1.21. The summed E-state index contributed by atoms with van der Waals surface area (Å²) in [5.74, 6) is 1.44. The fourth-order valence-corrected chi connectivity index (χ4v) is 3.20. The van der Waals surface area contributed by atoms with Crippen LogP contribution in [0.3, 0.4) is 0 Å². The van der Waals surface area contributed by atoms with Crippen LogP contribution in [0.4, 0.5) is 0 Å². The number of amides is 1. The molecule has 2 aromatic rings. The van der Waals surface area contributed by atoms with Crippen LogP contribution in [0.1, 0.15) is 24.9 Å². The van der Waals surface area contributed by atoms with Gasteiger partial charge in [-0.05, 0) is 41.0 Å². The molecule has 0 N–H and O–H groups in total. The van der Waals surface area contributed by atoms with Crippen LogP contribution < -0.4 is 0 Å². The summed E-state index contributed by atoms with van der Waals surface area (Å²) in [5, 5.41) is 2.47. The third-order valence-corrected chi connectivity index (χ3v) is 4.74. The van der Waals surface area contributed by atoms with Crippen molar-refractivity contribution >= 4 is 29.3 Å². The first-order valence-electron chi connectivity index (χ1n) is 7.08. The third-order valence-electron chi connectivity index (χ3n) is 4.22. The van der Waals surface area contributed by atoms with E-state index in [2.05, 4.69) is 56.0 Å². The van der Waals surface area contributed by atoms with E-state index in [9.17, 15) is 4.79 Å². The first-order chi connectivity index (χ1) is 9.69. The summed E-state index contributed by atoms with van der Waals surface area (Å²) in [7, 11) is 0. The average Bonchev–Trinajstić information content (AvgIpc) is 2.87. The van der Waals surface area contributed by atoms with Crippen LogP contribution in [0, 0.1) is 5.92 Å². The molecule has 0 bridgehead atoms. The zero-order valence-electron chi connectivity index (χ0n) is 11.6. The molecule has 0 saturated carbocycles. The Bertz CT molecular complexity index is 640. The van der Waals surface area contributed by atoms with E-state index in [-0.39, 0.29) is 11.9 Å². The maximum absolute atomic E-state index is 12.1. The largest absolute Gasteiger partial charge is 0.336 e. The van der Waals surface area contributed by atoms with E-state index < -0.39 is 0 Å². The topological polar surface area (TPSA) is 20.3 Å². The highest BCUT2D eigenvalue weighted by atomic mass is 32.1. The Labute approximate surface area is 125 Å². The normalized spacial score (nSPS) is 20.6. The summed E-state index contributed by atoms with van der Waals surface area (Å²) in [6, 6.07) is 14.9. The molecule has 3 rings (SSSR count). The molecule has 0 spiro atoms. The van der Waals surface area contributed by atoms with E-state index in [4.69, 9.17) is 0 Å². The molecular formula is C17H19NOS. The second-order valence-electron chi connectivity index (χ2n) is 5.58. The van der Waals surface area contributed by atoms with Gasteiger partial charge in [0, 0.05) is 13.0 Å². The molecule has 0 aromatic heterocycles. The first kappa shape index (κ1) is 13.5. The molecule has 1 fully saturated rings. The highest BCUT2D eigenvalue weighted by Gasteiger charge is 2.32. The molecule has 2 atom stereocenters. The summed E-state index contributed by atoms with van der Waals surface area (Å²) in [6.07, 6.45) is 0.640. The molecule has 2 aromatic carbocycles. The molecule has 0 radical (unpaired) electrons. The lowest BCUT2D eigenvalue weighted by molar-refractivity contribution is -0.129. The van der Waals surface area contributed by atoms with Crippen LogP contribution in [0.25, 0.3) is 10.8 Å². The van der Waals surface area contributed by atoms with Crippen LogP contribution >= 0.6 is 12.6 Å². The standard InChI is InChI=1S/C17H19NOS/c1-12(18-10-13(11-20)8-17(18)19)15-7-6-14-4-2-3-5-16(14)9-15/h2-7,9,12-13,20H,8,10-11H2,1H3. The lowest BCUT2D eigenvalue weighted by atomic mass is 10.0. The molecule has 0 aliphatic carbocycles. The number of hydrogen-bond donors (Lipinski definition) is 1. The number of nitrogens with zero attached hydrogens (tertiary/aromatic N) is 1. The molecule has 2 unspecified atom stereocenters. The van der Waals surface area contributed by atoms with Gasteiger partial charge >= 0.3 is 0 Å². The van der Waals surface area contributed by atoms with E-state index in [1.807, 2.05) is 11.0 Å². The molecule has 1 aliphatic heterocycles. The summed E-state index contributed by atoms with van der Waals surface area (Å²) in [6.45, 7) is 2.94. The van der Waals surface area contributed by atoms with Crippen molar-refractivity contribution in [3.8, 4) is 0 Å². The fourth-order valence-electron chi connectivity index (χ4n) is 2.95. The quantitative estimate of drug-likeness (QED) is 0.853. The van der Waals surface area contributed by atoms with Crippen LogP contribution in [-0.4, -0.2) is 23.1 Å². The second kappa shape index (κ2) is 5.49. The van der Waals surface area contributed by atoms with Gasteiger partial charge in [0.1, 0.15) is 0 Å². The van der Waals surface area contributed by atoms with Gasteiger partial charge in [0.15, 0.2) is 0 Å². The molecule has 3 heteroatoms. The zero-order chi connectivity index (χ0) is 14.1. The Morgan fingerprint density at radius 2 is 2.00 bits per heavy atom. The summed E-state index contributed by atoms with van der Waals surface area (Å²) >= 11 is 4.32. The predicted octanol–water partition coefficient (Wildman–Crippen LogP) is 3.68. The molecule has 1 saturated heterocycles. The number of rotatable bonds is 3. The zero-order valence-corrected chi connectivity index (χ0v) is 12.5. The van der Waals surface area contributed by atoms with Crippen molar-refractivity contribution in [3.05, 3.63) is 48.0 Å². The van der Waals surface area contributed by atoms with Crippen LogP contribution in [0.15, 0.2) is 42.5 Å². The summed E-state index contributed by atoms with van der Waals surface area (Å²) in [4.78, 5) is 14.1.